The van der Waals surface area contributed by atoms with Gasteiger partial charge in [-0.3, -0.25) is 25.2 Å². The van der Waals surface area contributed by atoms with Crippen LogP contribution >= 0.6 is 27.3 Å². The minimum atomic E-state index is -0.523. The summed E-state index contributed by atoms with van der Waals surface area (Å²) in [4.78, 5) is 35.6. The topological polar surface area (TPSA) is 87.3 Å². The fraction of sp³-hybridized carbons (Fsp3) is 0.0714. The summed E-state index contributed by atoms with van der Waals surface area (Å²) in [6.45, 7) is -0.245. The van der Waals surface area contributed by atoms with E-state index in [1.807, 2.05) is 0 Å². The molecule has 0 saturated heterocycles. The maximum Gasteiger partial charge on any atom is 0.279 e. The number of amides is 3. The quantitative estimate of drug-likeness (QED) is 0.704. The molecule has 1 aromatic carbocycles. The minimum absolute atomic E-state index is 0.245. The molecule has 0 aliphatic rings. The number of hydrogen-bond donors (Lipinski definition) is 3. The third-order valence-corrected chi connectivity index (χ3v) is 4.15. The zero-order valence-electron chi connectivity index (χ0n) is 11.3. The van der Waals surface area contributed by atoms with Crippen molar-refractivity contribution >= 4 is 45.0 Å². The molecule has 0 atom stereocenters. The number of hydrogen-bond acceptors (Lipinski definition) is 4. The molecular formula is C14H12BrN3O3S. The zero-order chi connectivity index (χ0) is 15.9. The molecule has 0 radical (unpaired) electrons. The molecule has 0 unspecified atom stereocenters. The highest BCUT2D eigenvalue weighted by atomic mass is 79.9. The Morgan fingerprint density at radius 3 is 2.45 bits per heavy atom. The van der Waals surface area contributed by atoms with E-state index < -0.39 is 11.8 Å². The largest absolute Gasteiger partial charge is 0.343 e. The molecule has 1 heterocycles. The molecule has 114 valence electrons. The van der Waals surface area contributed by atoms with Gasteiger partial charge in [0.25, 0.3) is 17.7 Å². The van der Waals surface area contributed by atoms with Crippen molar-refractivity contribution in [3.8, 4) is 0 Å². The molecule has 2 rings (SSSR count). The molecular weight excluding hydrogens is 370 g/mol. The first-order valence-electron chi connectivity index (χ1n) is 6.23. The number of rotatable bonds is 4. The van der Waals surface area contributed by atoms with Gasteiger partial charge >= 0.3 is 0 Å². The molecule has 22 heavy (non-hydrogen) atoms. The molecule has 1 aromatic heterocycles. The highest BCUT2D eigenvalue weighted by molar-refractivity contribution is 9.10. The van der Waals surface area contributed by atoms with E-state index in [2.05, 4.69) is 32.1 Å². The van der Waals surface area contributed by atoms with Crippen LogP contribution in [-0.2, 0) is 4.79 Å². The van der Waals surface area contributed by atoms with Gasteiger partial charge < -0.3 is 5.32 Å². The Balaban J connectivity index is 1.77. The number of halogens is 1. The predicted octanol–water partition coefficient (Wildman–Crippen LogP) is 1.70. The molecule has 0 aliphatic heterocycles. The molecule has 3 N–H and O–H groups in total. The first-order chi connectivity index (χ1) is 10.6. The van der Waals surface area contributed by atoms with Crippen molar-refractivity contribution in [3.63, 3.8) is 0 Å². The Kier molecular flexibility index (Phi) is 5.68. The lowest BCUT2D eigenvalue weighted by Crippen LogP contribution is -2.46. The van der Waals surface area contributed by atoms with Crippen LogP contribution in [0.2, 0.25) is 0 Å². The van der Waals surface area contributed by atoms with Crippen LogP contribution in [0.5, 0.6) is 0 Å². The molecule has 8 heteroatoms. The SMILES string of the molecule is O=C(CNC(=O)c1ccccc1Br)NNC(=O)c1cccs1. The highest BCUT2D eigenvalue weighted by Crippen LogP contribution is 2.15. The van der Waals surface area contributed by atoms with E-state index in [1.54, 1.807) is 41.8 Å². The van der Waals surface area contributed by atoms with Crippen LogP contribution in [-0.4, -0.2) is 24.3 Å². The molecule has 6 nitrogen and oxygen atoms in total. The fourth-order valence-electron chi connectivity index (χ4n) is 1.54. The second-order valence-corrected chi connectivity index (χ2v) is 5.94. The summed E-state index contributed by atoms with van der Waals surface area (Å²) in [5, 5.41) is 4.23. The van der Waals surface area contributed by atoms with Crippen LogP contribution in [0.3, 0.4) is 0 Å². The smallest absolute Gasteiger partial charge is 0.279 e. The van der Waals surface area contributed by atoms with E-state index in [1.165, 1.54) is 11.3 Å². The molecule has 0 saturated carbocycles. The van der Waals surface area contributed by atoms with Gasteiger partial charge in [0, 0.05) is 4.47 Å². The summed E-state index contributed by atoms with van der Waals surface area (Å²) in [6, 6.07) is 10.3. The van der Waals surface area contributed by atoms with Crippen molar-refractivity contribution in [2.24, 2.45) is 0 Å². The van der Waals surface area contributed by atoms with Crippen LogP contribution in [0, 0.1) is 0 Å². The molecule has 0 fully saturated rings. The van der Waals surface area contributed by atoms with Gasteiger partial charge in [-0.15, -0.1) is 11.3 Å². The third kappa shape index (κ3) is 4.40. The Morgan fingerprint density at radius 1 is 1.00 bits per heavy atom. The number of benzene rings is 1. The first kappa shape index (κ1) is 16.2. The van der Waals surface area contributed by atoms with E-state index in [4.69, 9.17) is 0 Å². The normalized spacial score (nSPS) is 9.86. The second-order valence-electron chi connectivity index (χ2n) is 4.14. The number of thiophene rings is 1. The van der Waals surface area contributed by atoms with Crippen LogP contribution < -0.4 is 16.2 Å². The average Bonchev–Trinajstić information content (AvgIpc) is 3.05. The lowest BCUT2D eigenvalue weighted by Gasteiger charge is -2.08. The van der Waals surface area contributed by atoms with E-state index in [0.29, 0.717) is 14.9 Å². The van der Waals surface area contributed by atoms with Crippen molar-refractivity contribution in [2.45, 2.75) is 0 Å². The summed E-state index contributed by atoms with van der Waals surface area (Å²) >= 11 is 4.52. The van der Waals surface area contributed by atoms with Gasteiger partial charge in [-0.05, 0) is 39.5 Å². The van der Waals surface area contributed by atoms with E-state index >= 15 is 0 Å². The third-order valence-electron chi connectivity index (χ3n) is 2.59. The van der Waals surface area contributed by atoms with Crippen molar-refractivity contribution in [3.05, 3.63) is 56.7 Å². The van der Waals surface area contributed by atoms with Gasteiger partial charge in [0.2, 0.25) is 0 Å². The summed E-state index contributed by atoms with van der Waals surface area (Å²) in [7, 11) is 0. The number of nitrogens with one attached hydrogen (secondary N) is 3. The molecule has 0 bridgehead atoms. The Labute approximate surface area is 139 Å². The van der Waals surface area contributed by atoms with Gasteiger partial charge in [-0.25, -0.2) is 0 Å². The lowest BCUT2D eigenvalue weighted by atomic mass is 10.2. The van der Waals surface area contributed by atoms with E-state index in [-0.39, 0.29) is 12.5 Å². The van der Waals surface area contributed by atoms with Gasteiger partial charge in [0.1, 0.15) is 0 Å². The van der Waals surface area contributed by atoms with Crippen molar-refractivity contribution < 1.29 is 14.4 Å². The van der Waals surface area contributed by atoms with Gasteiger partial charge in [-0.2, -0.15) is 0 Å². The van der Waals surface area contributed by atoms with Crippen LogP contribution in [0.4, 0.5) is 0 Å². The number of carbonyl (C=O) groups is 3. The van der Waals surface area contributed by atoms with Gasteiger partial charge in [0.15, 0.2) is 0 Å². The standard InChI is InChI=1S/C14H12BrN3O3S/c15-10-5-2-1-4-9(10)13(20)16-8-12(19)17-18-14(21)11-6-3-7-22-11/h1-7H,8H2,(H,16,20)(H,17,19)(H,18,21). The van der Waals surface area contributed by atoms with Crippen LogP contribution in [0.25, 0.3) is 0 Å². The lowest BCUT2D eigenvalue weighted by molar-refractivity contribution is -0.120. The van der Waals surface area contributed by atoms with E-state index in [0.717, 1.165) is 0 Å². The zero-order valence-corrected chi connectivity index (χ0v) is 13.7. The average molecular weight is 382 g/mol. The predicted molar refractivity (Wildman–Crippen MR) is 86.4 cm³/mol. The fourth-order valence-corrected chi connectivity index (χ4v) is 2.62. The van der Waals surface area contributed by atoms with Crippen molar-refractivity contribution in [1.29, 1.82) is 0 Å². The first-order valence-corrected chi connectivity index (χ1v) is 7.90. The summed E-state index contributed by atoms with van der Waals surface area (Å²) in [5.41, 5.74) is 4.93. The second kappa shape index (κ2) is 7.71. The highest BCUT2D eigenvalue weighted by Gasteiger charge is 2.11. The summed E-state index contributed by atoms with van der Waals surface area (Å²) in [5.74, 6) is -1.31. The van der Waals surface area contributed by atoms with Crippen LogP contribution in [0.15, 0.2) is 46.3 Å². The summed E-state index contributed by atoms with van der Waals surface area (Å²) in [6.07, 6.45) is 0. The molecule has 3 amide bonds. The van der Waals surface area contributed by atoms with Gasteiger partial charge in [0.05, 0.1) is 17.0 Å². The Bertz CT molecular complexity index is 688. The van der Waals surface area contributed by atoms with E-state index in [9.17, 15) is 14.4 Å². The van der Waals surface area contributed by atoms with Crippen molar-refractivity contribution in [2.75, 3.05) is 6.54 Å². The Morgan fingerprint density at radius 2 is 1.77 bits per heavy atom. The van der Waals surface area contributed by atoms with Gasteiger partial charge in [-0.1, -0.05) is 18.2 Å². The maximum absolute atomic E-state index is 11.9. The summed E-state index contributed by atoms with van der Waals surface area (Å²) < 4.78 is 0.638. The molecule has 0 spiro atoms. The minimum Gasteiger partial charge on any atom is -0.343 e. The maximum atomic E-state index is 11.9. The number of carbonyl (C=O) groups excluding carboxylic acids is 3. The Hall–Kier alpha value is -2.19. The monoisotopic (exact) mass is 381 g/mol. The van der Waals surface area contributed by atoms with Crippen LogP contribution in [0.1, 0.15) is 20.0 Å². The number of hydrazine groups is 1. The molecule has 0 aliphatic carbocycles. The van der Waals surface area contributed by atoms with Crippen molar-refractivity contribution in [1.82, 2.24) is 16.2 Å². The molecule has 2 aromatic rings.